The van der Waals surface area contributed by atoms with Crippen LogP contribution in [0.15, 0.2) is 47.4 Å². The molecule has 3 amide bonds. The third kappa shape index (κ3) is 7.76. The molecule has 45 heavy (non-hydrogen) atoms. The lowest BCUT2D eigenvalue weighted by Crippen LogP contribution is -2.49. The molecule has 2 aromatic carbocycles. The number of carboxylic acids is 1. The van der Waals surface area contributed by atoms with Crippen molar-refractivity contribution in [2.24, 2.45) is 11.7 Å². The van der Waals surface area contributed by atoms with E-state index in [2.05, 4.69) is 10.6 Å². The number of nitrogens with one attached hydrogen (secondary N) is 2. The maximum atomic E-state index is 15.2. The minimum Gasteiger partial charge on any atom is -0.477 e. The molecule has 0 bridgehead atoms. The Balaban J connectivity index is 1.29. The number of nitrogens with zero attached hydrogens (tertiary/aromatic N) is 3. The van der Waals surface area contributed by atoms with Gasteiger partial charge in [0.15, 0.2) is 0 Å². The van der Waals surface area contributed by atoms with E-state index in [1.165, 1.54) is 11.1 Å². The van der Waals surface area contributed by atoms with Gasteiger partial charge in [-0.3, -0.25) is 14.4 Å². The number of aromatic carboxylic acids is 1. The number of aromatic nitrogens is 1. The predicted octanol–water partition coefficient (Wildman–Crippen LogP) is 2.36. The maximum Gasteiger partial charge on any atom is 0.410 e. The molecule has 4 rings (SSSR count). The molecule has 1 unspecified atom stereocenters. The zero-order valence-electron chi connectivity index (χ0n) is 25.3. The Kier molecular flexibility index (Phi) is 10.4. The fraction of sp³-hybridized carbons (Fsp3) is 0.387. The minimum absolute atomic E-state index is 0.00258. The third-order valence-electron chi connectivity index (χ3n) is 7.64. The molecule has 13 nitrogen and oxygen atoms in total. The Hall–Kier alpha value is -4.98. The summed E-state index contributed by atoms with van der Waals surface area (Å²) in [5.74, 6) is -2.89. The lowest BCUT2D eigenvalue weighted by molar-refractivity contribution is -0.125. The summed E-state index contributed by atoms with van der Waals surface area (Å²) in [6.07, 6.45) is 0.738. The van der Waals surface area contributed by atoms with E-state index >= 15 is 4.39 Å². The van der Waals surface area contributed by atoms with Crippen LogP contribution >= 0.6 is 0 Å². The van der Waals surface area contributed by atoms with Gasteiger partial charge < -0.3 is 40.6 Å². The van der Waals surface area contributed by atoms with Crippen LogP contribution in [0.3, 0.4) is 0 Å². The van der Waals surface area contributed by atoms with E-state index in [1.54, 1.807) is 46.7 Å². The van der Waals surface area contributed by atoms with Crippen LogP contribution in [-0.4, -0.2) is 77.2 Å². The lowest BCUT2D eigenvalue weighted by atomic mass is 10.1. The molecule has 1 saturated heterocycles. The number of hydrogen-bond donors (Lipinski definition) is 4. The quantitative estimate of drug-likeness (QED) is 0.264. The fourth-order valence-corrected chi connectivity index (χ4v) is 4.90. The number of halogens is 1. The molecular formula is C31H37FN6O7. The third-order valence-corrected chi connectivity index (χ3v) is 7.64. The normalized spacial score (nSPS) is 13.9. The van der Waals surface area contributed by atoms with Gasteiger partial charge in [-0.1, -0.05) is 26.0 Å². The van der Waals surface area contributed by atoms with Crippen LogP contribution in [0.5, 0.6) is 0 Å². The molecule has 1 aliphatic rings. The van der Waals surface area contributed by atoms with Crippen LogP contribution in [0, 0.1) is 11.7 Å². The van der Waals surface area contributed by atoms with Gasteiger partial charge in [0.05, 0.1) is 23.8 Å². The number of anilines is 2. The van der Waals surface area contributed by atoms with Crippen molar-refractivity contribution in [1.82, 2.24) is 14.8 Å². The van der Waals surface area contributed by atoms with Crippen molar-refractivity contribution >= 4 is 46.2 Å². The minimum atomic E-state index is -1.37. The van der Waals surface area contributed by atoms with Crippen LogP contribution in [0.25, 0.3) is 10.9 Å². The van der Waals surface area contributed by atoms with Crippen molar-refractivity contribution < 1.29 is 33.4 Å². The fourth-order valence-electron chi connectivity index (χ4n) is 4.90. The highest BCUT2D eigenvalue weighted by Gasteiger charge is 2.25. The van der Waals surface area contributed by atoms with Gasteiger partial charge in [-0.15, -0.1) is 0 Å². The summed E-state index contributed by atoms with van der Waals surface area (Å²) in [7, 11) is 0. The predicted molar refractivity (Wildman–Crippen MR) is 166 cm³/mol. The number of hydrogen-bond acceptors (Lipinski definition) is 8. The first-order valence-corrected chi connectivity index (χ1v) is 14.6. The maximum absolute atomic E-state index is 15.2. The summed E-state index contributed by atoms with van der Waals surface area (Å²) in [5, 5.41) is 14.5. The first kappa shape index (κ1) is 32.9. The SMILES string of the molecule is CCn1cc(C(=O)O)c(=O)c2cc(F)c(N3CCN(C(=O)OCc4ccc(NC(=O)CNC(=O)C(N)C(C)C)cc4)CC3)cc21. The number of piperazine rings is 1. The number of fused-ring (bicyclic) bond motifs is 1. The van der Waals surface area contributed by atoms with E-state index in [0.717, 1.165) is 6.07 Å². The number of ether oxygens (including phenoxy) is 1. The van der Waals surface area contributed by atoms with Crippen molar-refractivity contribution in [3.8, 4) is 0 Å². The number of carboxylic acid groups (broad SMARTS) is 1. The number of pyridine rings is 1. The number of carbonyl (C=O) groups excluding carboxylic acids is 3. The summed E-state index contributed by atoms with van der Waals surface area (Å²) in [5.41, 5.74) is 6.49. The molecule has 0 radical (unpaired) electrons. The Morgan fingerprint density at radius 2 is 1.73 bits per heavy atom. The second-order valence-electron chi connectivity index (χ2n) is 11.0. The highest BCUT2D eigenvalue weighted by atomic mass is 19.1. The van der Waals surface area contributed by atoms with Gasteiger partial charge in [0.1, 0.15) is 18.0 Å². The number of aryl methyl sites for hydroxylation is 1. The molecule has 0 aliphatic carbocycles. The van der Waals surface area contributed by atoms with Gasteiger partial charge in [0.25, 0.3) is 0 Å². The molecule has 5 N–H and O–H groups in total. The zero-order valence-corrected chi connectivity index (χ0v) is 25.3. The highest BCUT2D eigenvalue weighted by molar-refractivity contribution is 5.95. The van der Waals surface area contributed by atoms with Crippen LogP contribution in [-0.2, 0) is 27.5 Å². The summed E-state index contributed by atoms with van der Waals surface area (Å²) in [6, 6.07) is 8.62. The van der Waals surface area contributed by atoms with Gasteiger partial charge in [0, 0.05) is 50.0 Å². The average molecular weight is 625 g/mol. The Labute approximate surface area is 258 Å². The second-order valence-corrected chi connectivity index (χ2v) is 11.0. The van der Waals surface area contributed by atoms with Crippen molar-refractivity contribution in [2.75, 3.05) is 42.9 Å². The largest absolute Gasteiger partial charge is 0.477 e. The lowest BCUT2D eigenvalue weighted by Gasteiger charge is -2.35. The molecule has 2 heterocycles. The number of rotatable bonds is 10. The van der Waals surface area contributed by atoms with E-state index in [4.69, 9.17) is 10.5 Å². The molecule has 1 aromatic heterocycles. The van der Waals surface area contributed by atoms with Gasteiger partial charge in [-0.25, -0.2) is 14.0 Å². The number of amides is 3. The van der Waals surface area contributed by atoms with E-state index in [0.29, 0.717) is 36.4 Å². The monoisotopic (exact) mass is 624 g/mol. The van der Waals surface area contributed by atoms with Crippen molar-refractivity contribution in [3.63, 3.8) is 0 Å². The molecule has 1 aliphatic heterocycles. The molecule has 0 saturated carbocycles. The summed E-state index contributed by atoms with van der Waals surface area (Å²) in [6.45, 7) is 6.78. The summed E-state index contributed by atoms with van der Waals surface area (Å²) >= 11 is 0. The highest BCUT2D eigenvalue weighted by Crippen LogP contribution is 2.26. The second kappa shape index (κ2) is 14.2. The Bertz CT molecular complexity index is 1650. The summed E-state index contributed by atoms with van der Waals surface area (Å²) < 4.78 is 22.2. The Morgan fingerprint density at radius 3 is 2.33 bits per heavy atom. The molecule has 240 valence electrons. The van der Waals surface area contributed by atoms with Gasteiger partial charge >= 0.3 is 12.1 Å². The zero-order chi connectivity index (χ0) is 32.8. The van der Waals surface area contributed by atoms with Gasteiger partial charge in [-0.2, -0.15) is 0 Å². The van der Waals surface area contributed by atoms with Crippen LogP contribution in [0.4, 0.5) is 20.6 Å². The standard InChI is InChI=1S/C31H37FN6O7/c1-4-36-16-22(30(42)43)28(40)21-13-23(32)25(14-24(21)36)37-9-11-38(12-10-37)31(44)45-17-19-5-7-20(8-6-19)35-26(39)15-34-29(41)27(33)18(2)3/h5-8,13-14,16,18,27H,4,9-12,15,17,33H2,1-3H3,(H,34,41)(H,35,39)(H,42,43). The number of carbonyl (C=O) groups is 4. The number of benzene rings is 2. The van der Waals surface area contributed by atoms with E-state index in [9.17, 15) is 29.1 Å². The topological polar surface area (TPSA) is 176 Å². The molecule has 0 spiro atoms. The Morgan fingerprint density at radius 1 is 1.07 bits per heavy atom. The van der Waals surface area contributed by atoms with E-state index in [-0.39, 0.29) is 43.2 Å². The molecule has 1 atom stereocenters. The molecular weight excluding hydrogens is 587 g/mol. The van der Waals surface area contributed by atoms with Crippen molar-refractivity contribution in [3.05, 3.63) is 69.8 Å². The van der Waals surface area contributed by atoms with Crippen LogP contribution in [0.2, 0.25) is 0 Å². The van der Waals surface area contributed by atoms with Gasteiger partial charge in [0.2, 0.25) is 17.2 Å². The number of nitrogens with two attached hydrogens (primary N) is 1. The molecule has 3 aromatic rings. The van der Waals surface area contributed by atoms with Crippen LogP contribution in [0.1, 0.15) is 36.7 Å². The van der Waals surface area contributed by atoms with E-state index < -0.39 is 46.7 Å². The smallest absolute Gasteiger partial charge is 0.410 e. The summed E-state index contributed by atoms with van der Waals surface area (Å²) in [4.78, 5) is 64.2. The average Bonchev–Trinajstić information content (AvgIpc) is 3.02. The molecule has 14 heteroatoms. The van der Waals surface area contributed by atoms with E-state index in [1.807, 2.05) is 13.8 Å². The van der Waals surface area contributed by atoms with Crippen molar-refractivity contribution in [2.45, 2.75) is 40.0 Å². The van der Waals surface area contributed by atoms with Gasteiger partial charge in [-0.05, 0) is 42.7 Å². The van der Waals surface area contributed by atoms with Crippen molar-refractivity contribution in [1.29, 1.82) is 0 Å². The first-order chi connectivity index (χ1) is 21.4. The molecule has 1 fully saturated rings. The van der Waals surface area contributed by atoms with Crippen LogP contribution < -0.4 is 26.7 Å². The first-order valence-electron chi connectivity index (χ1n) is 14.6.